The van der Waals surface area contributed by atoms with E-state index < -0.39 is 0 Å². The summed E-state index contributed by atoms with van der Waals surface area (Å²) < 4.78 is 6.53. The third kappa shape index (κ3) is 5.08. The summed E-state index contributed by atoms with van der Waals surface area (Å²) in [4.78, 5) is 0. The summed E-state index contributed by atoms with van der Waals surface area (Å²) >= 11 is 3.53. The molecular formula is C16H27BrN2O. The van der Waals surface area contributed by atoms with Gasteiger partial charge in [-0.05, 0) is 42.5 Å². The molecule has 0 aliphatic carbocycles. The Morgan fingerprint density at radius 2 is 2.10 bits per heavy atom. The second kappa shape index (κ2) is 9.37. The fourth-order valence-electron chi connectivity index (χ4n) is 2.66. The van der Waals surface area contributed by atoms with Crippen LogP contribution in [0.3, 0.4) is 0 Å². The van der Waals surface area contributed by atoms with Crippen LogP contribution < -0.4 is 16.0 Å². The van der Waals surface area contributed by atoms with Gasteiger partial charge in [0.1, 0.15) is 5.75 Å². The van der Waals surface area contributed by atoms with Gasteiger partial charge in [0.25, 0.3) is 0 Å². The Hall–Kier alpha value is -0.580. The molecule has 0 amide bonds. The molecule has 2 atom stereocenters. The van der Waals surface area contributed by atoms with Crippen molar-refractivity contribution in [3.05, 3.63) is 28.2 Å². The lowest BCUT2D eigenvalue weighted by atomic mass is 9.87. The average molecular weight is 343 g/mol. The Kier molecular flexibility index (Phi) is 8.19. The summed E-state index contributed by atoms with van der Waals surface area (Å²) in [6.07, 6.45) is 5.74. The topological polar surface area (TPSA) is 47.3 Å². The Labute approximate surface area is 131 Å². The molecule has 0 aliphatic rings. The van der Waals surface area contributed by atoms with Crippen LogP contribution in [0.4, 0.5) is 0 Å². The molecule has 0 fully saturated rings. The molecule has 0 heterocycles. The molecule has 0 radical (unpaired) electrons. The van der Waals surface area contributed by atoms with Crippen LogP contribution >= 0.6 is 15.9 Å². The van der Waals surface area contributed by atoms with Crippen molar-refractivity contribution in [1.29, 1.82) is 0 Å². The summed E-state index contributed by atoms with van der Waals surface area (Å²) in [6.45, 7) is 4.47. The Bertz CT molecular complexity index is 398. The molecule has 1 rings (SSSR count). The zero-order valence-electron chi connectivity index (χ0n) is 12.8. The van der Waals surface area contributed by atoms with Crippen LogP contribution in [-0.2, 0) is 6.42 Å². The Morgan fingerprint density at radius 1 is 1.35 bits per heavy atom. The minimum absolute atomic E-state index is 0.287. The van der Waals surface area contributed by atoms with Gasteiger partial charge in [0.15, 0.2) is 0 Å². The van der Waals surface area contributed by atoms with Crippen LogP contribution in [-0.4, -0.2) is 13.2 Å². The van der Waals surface area contributed by atoms with Crippen molar-refractivity contribution >= 4 is 15.9 Å². The van der Waals surface area contributed by atoms with Gasteiger partial charge >= 0.3 is 0 Å². The molecule has 20 heavy (non-hydrogen) atoms. The standard InChI is InChI=1S/C16H27BrN2O/c1-4-6-7-12(5-2)15(19-18)11-13-10-14(17)8-9-16(13)20-3/h8-10,12,15,19H,4-7,11,18H2,1-3H3. The summed E-state index contributed by atoms with van der Waals surface area (Å²) in [5.41, 5.74) is 4.20. The van der Waals surface area contributed by atoms with Crippen LogP contribution in [0.15, 0.2) is 22.7 Å². The van der Waals surface area contributed by atoms with Crippen molar-refractivity contribution in [2.75, 3.05) is 7.11 Å². The average Bonchev–Trinajstić information content (AvgIpc) is 2.46. The number of nitrogens with two attached hydrogens (primary N) is 1. The first-order chi connectivity index (χ1) is 9.65. The zero-order valence-corrected chi connectivity index (χ0v) is 14.4. The highest BCUT2D eigenvalue weighted by atomic mass is 79.9. The number of methoxy groups -OCH3 is 1. The predicted molar refractivity (Wildman–Crippen MR) is 88.8 cm³/mol. The van der Waals surface area contributed by atoms with E-state index in [0.717, 1.165) is 23.1 Å². The number of unbranched alkanes of at least 4 members (excludes halogenated alkanes) is 1. The molecule has 0 aliphatic heterocycles. The molecule has 0 bridgehead atoms. The van der Waals surface area contributed by atoms with Gasteiger partial charge in [-0.2, -0.15) is 0 Å². The van der Waals surface area contributed by atoms with Gasteiger partial charge in [0.2, 0.25) is 0 Å². The highest BCUT2D eigenvalue weighted by molar-refractivity contribution is 9.10. The molecule has 2 unspecified atom stereocenters. The molecule has 1 aromatic carbocycles. The number of hydrogen-bond donors (Lipinski definition) is 2. The second-order valence-corrected chi connectivity index (χ2v) is 6.16. The lowest BCUT2D eigenvalue weighted by molar-refractivity contribution is 0.314. The normalized spacial score (nSPS) is 14.1. The van der Waals surface area contributed by atoms with Gasteiger partial charge in [-0.15, -0.1) is 0 Å². The number of ether oxygens (including phenoxy) is 1. The Balaban J connectivity index is 2.83. The maximum absolute atomic E-state index is 5.80. The zero-order chi connectivity index (χ0) is 15.0. The largest absolute Gasteiger partial charge is 0.496 e. The SMILES string of the molecule is CCCCC(CC)C(Cc1cc(Br)ccc1OC)NN. The number of nitrogens with one attached hydrogen (secondary N) is 1. The summed E-state index contributed by atoms with van der Waals surface area (Å²) in [7, 11) is 1.71. The van der Waals surface area contributed by atoms with Crippen LogP contribution in [0.25, 0.3) is 0 Å². The summed E-state index contributed by atoms with van der Waals surface area (Å²) in [5, 5.41) is 0. The van der Waals surface area contributed by atoms with Gasteiger partial charge in [-0.1, -0.05) is 49.0 Å². The van der Waals surface area contributed by atoms with Crippen molar-refractivity contribution in [2.45, 2.75) is 52.0 Å². The van der Waals surface area contributed by atoms with E-state index in [0.29, 0.717) is 5.92 Å². The maximum atomic E-state index is 5.80. The van der Waals surface area contributed by atoms with E-state index >= 15 is 0 Å². The predicted octanol–water partition coefficient (Wildman–Crippen LogP) is 4.05. The number of hydrazine groups is 1. The smallest absolute Gasteiger partial charge is 0.122 e. The highest BCUT2D eigenvalue weighted by Crippen LogP contribution is 2.27. The molecule has 1 aromatic rings. The van der Waals surface area contributed by atoms with Crippen LogP contribution in [0, 0.1) is 5.92 Å². The molecule has 3 N–H and O–H groups in total. The lowest BCUT2D eigenvalue weighted by Gasteiger charge is -2.26. The van der Waals surface area contributed by atoms with E-state index in [-0.39, 0.29) is 6.04 Å². The van der Waals surface area contributed by atoms with E-state index in [1.54, 1.807) is 7.11 Å². The quantitative estimate of drug-likeness (QED) is 0.525. The minimum atomic E-state index is 0.287. The first kappa shape index (κ1) is 17.5. The van der Waals surface area contributed by atoms with Crippen molar-refractivity contribution in [1.82, 2.24) is 5.43 Å². The van der Waals surface area contributed by atoms with Crippen molar-refractivity contribution in [3.8, 4) is 5.75 Å². The molecule has 4 heteroatoms. The minimum Gasteiger partial charge on any atom is -0.496 e. The van der Waals surface area contributed by atoms with E-state index in [4.69, 9.17) is 10.6 Å². The molecular weight excluding hydrogens is 316 g/mol. The monoisotopic (exact) mass is 342 g/mol. The summed E-state index contributed by atoms with van der Waals surface area (Å²) in [6, 6.07) is 6.41. The lowest BCUT2D eigenvalue weighted by Crippen LogP contribution is -2.42. The van der Waals surface area contributed by atoms with Crippen molar-refractivity contribution < 1.29 is 4.74 Å². The molecule has 0 saturated heterocycles. The van der Waals surface area contributed by atoms with Crippen LogP contribution in [0.5, 0.6) is 5.75 Å². The fourth-order valence-corrected chi connectivity index (χ4v) is 3.07. The first-order valence-electron chi connectivity index (χ1n) is 7.44. The fraction of sp³-hybridized carbons (Fsp3) is 0.625. The van der Waals surface area contributed by atoms with E-state index in [9.17, 15) is 0 Å². The van der Waals surface area contributed by atoms with Gasteiger partial charge < -0.3 is 4.74 Å². The van der Waals surface area contributed by atoms with Crippen LogP contribution in [0.2, 0.25) is 0 Å². The van der Waals surface area contributed by atoms with E-state index in [1.807, 2.05) is 12.1 Å². The molecule has 0 aromatic heterocycles. The first-order valence-corrected chi connectivity index (χ1v) is 8.24. The number of benzene rings is 1. The number of hydrogen-bond acceptors (Lipinski definition) is 3. The highest BCUT2D eigenvalue weighted by Gasteiger charge is 2.20. The van der Waals surface area contributed by atoms with Gasteiger partial charge in [-0.3, -0.25) is 11.3 Å². The van der Waals surface area contributed by atoms with E-state index in [2.05, 4.69) is 41.3 Å². The third-order valence-electron chi connectivity index (χ3n) is 3.92. The third-order valence-corrected chi connectivity index (χ3v) is 4.41. The summed E-state index contributed by atoms with van der Waals surface area (Å²) in [5.74, 6) is 7.33. The number of rotatable bonds is 9. The van der Waals surface area contributed by atoms with Crippen LogP contribution in [0.1, 0.15) is 45.1 Å². The Morgan fingerprint density at radius 3 is 2.65 bits per heavy atom. The van der Waals surface area contributed by atoms with Gasteiger partial charge in [0, 0.05) is 10.5 Å². The van der Waals surface area contributed by atoms with Crippen molar-refractivity contribution in [2.24, 2.45) is 11.8 Å². The van der Waals surface area contributed by atoms with Gasteiger partial charge in [0.05, 0.1) is 7.11 Å². The number of halogens is 1. The second-order valence-electron chi connectivity index (χ2n) is 5.24. The molecule has 3 nitrogen and oxygen atoms in total. The van der Waals surface area contributed by atoms with Gasteiger partial charge in [-0.25, -0.2) is 0 Å². The molecule has 114 valence electrons. The maximum Gasteiger partial charge on any atom is 0.122 e. The van der Waals surface area contributed by atoms with Crippen molar-refractivity contribution in [3.63, 3.8) is 0 Å². The molecule has 0 saturated carbocycles. The molecule has 0 spiro atoms. The van der Waals surface area contributed by atoms with E-state index in [1.165, 1.54) is 24.8 Å².